The maximum Gasteiger partial charge on any atom is 0.0574 e. The van der Waals surface area contributed by atoms with Crippen molar-refractivity contribution in [1.82, 2.24) is 0 Å². The Hall–Kier alpha value is -0.0800. The summed E-state index contributed by atoms with van der Waals surface area (Å²) in [6.07, 6.45) is 7.44. The highest BCUT2D eigenvalue weighted by atomic mass is 16.5. The van der Waals surface area contributed by atoms with Gasteiger partial charge in [0.05, 0.1) is 12.2 Å². The maximum absolute atomic E-state index is 9.54. The van der Waals surface area contributed by atoms with Crippen molar-refractivity contribution < 1.29 is 9.84 Å². The quantitative estimate of drug-likeness (QED) is 0.675. The largest absolute Gasteiger partial charge is 0.393 e. The molecule has 2 aliphatic rings. The van der Waals surface area contributed by atoms with Gasteiger partial charge in [0.2, 0.25) is 0 Å². The summed E-state index contributed by atoms with van der Waals surface area (Å²) >= 11 is 0. The highest BCUT2D eigenvalue weighted by Gasteiger charge is 2.34. The zero-order valence-corrected chi connectivity index (χ0v) is 8.41. The van der Waals surface area contributed by atoms with Crippen molar-refractivity contribution >= 4 is 0 Å². The van der Waals surface area contributed by atoms with Gasteiger partial charge < -0.3 is 9.84 Å². The number of hydrogen-bond acceptors (Lipinski definition) is 2. The smallest absolute Gasteiger partial charge is 0.0574 e. The van der Waals surface area contributed by atoms with Crippen LogP contribution in [0.4, 0.5) is 0 Å². The highest BCUT2D eigenvalue weighted by molar-refractivity contribution is 4.86. The van der Waals surface area contributed by atoms with Crippen LogP contribution in [0.2, 0.25) is 0 Å². The summed E-state index contributed by atoms with van der Waals surface area (Å²) in [4.78, 5) is 0. The van der Waals surface area contributed by atoms with Gasteiger partial charge in [-0.15, -0.1) is 0 Å². The van der Waals surface area contributed by atoms with Gasteiger partial charge in [-0.05, 0) is 50.4 Å². The summed E-state index contributed by atoms with van der Waals surface area (Å²) < 4.78 is 5.40. The van der Waals surface area contributed by atoms with Gasteiger partial charge >= 0.3 is 0 Å². The molecule has 2 saturated carbocycles. The molecule has 0 heterocycles. The number of methoxy groups -OCH3 is 1. The summed E-state index contributed by atoms with van der Waals surface area (Å²) in [5.41, 5.74) is 0. The van der Waals surface area contributed by atoms with E-state index < -0.39 is 0 Å². The third-order valence-corrected chi connectivity index (χ3v) is 3.87. The molecular weight excluding hydrogens is 164 g/mol. The molecule has 13 heavy (non-hydrogen) atoms. The molecule has 0 bridgehead atoms. The number of rotatable bonds is 1. The van der Waals surface area contributed by atoms with Crippen molar-refractivity contribution in [2.24, 2.45) is 11.8 Å². The standard InChI is InChI=1S/C11H20O2/c1-13-11-5-3-8-6-10(12)4-2-9(8)7-11/h8-12H,2-7H2,1H3/t8?,9?,10-,11+/m0/s1. The van der Waals surface area contributed by atoms with Crippen LogP contribution in [0.15, 0.2) is 0 Å². The Morgan fingerprint density at radius 2 is 1.69 bits per heavy atom. The van der Waals surface area contributed by atoms with E-state index in [0.29, 0.717) is 6.10 Å². The minimum Gasteiger partial charge on any atom is -0.393 e. The van der Waals surface area contributed by atoms with E-state index in [2.05, 4.69) is 0 Å². The van der Waals surface area contributed by atoms with E-state index >= 15 is 0 Å². The molecule has 0 aromatic rings. The second-order valence-corrected chi connectivity index (χ2v) is 4.66. The summed E-state index contributed by atoms with van der Waals surface area (Å²) in [6.45, 7) is 0. The Kier molecular flexibility index (Phi) is 2.89. The molecule has 2 heteroatoms. The van der Waals surface area contributed by atoms with Crippen molar-refractivity contribution in [3.05, 3.63) is 0 Å². The molecule has 0 spiro atoms. The van der Waals surface area contributed by atoms with Gasteiger partial charge in [0, 0.05) is 7.11 Å². The molecule has 2 rings (SSSR count). The normalized spacial score (nSPS) is 45.7. The predicted octanol–water partition coefficient (Wildman–Crippen LogP) is 1.96. The molecule has 2 unspecified atom stereocenters. The number of hydrogen-bond donors (Lipinski definition) is 1. The Labute approximate surface area is 80.3 Å². The van der Waals surface area contributed by atoms with Crippen LogP contribution in [0.25, 0.3) is 0 Å². The topological polar surface area (TPSA) is 29.5 Å². The van der Waals surface area contributed by atoms with Gasteiger partial charge in [0.15, 0.2) is 0 Å². The molecule has 2 fully saturated rings. The highest BCUT2D eigenvalue weighted by Crippen LogP contribution is 2.41. The average molecular weight is 184 g/mol. The second-order valence-electron chi connectivity index (χ2n) is 4.66. The summed E-state index contributed by atoms with van der Waals surface area (Å²) in [5, 5.41) is 9.54. The van der Waals surface area contributed by atoms with E-state index in [4.69, 9.17) is 4.74 Å². The lowest BCUT2D eigenvalue weighted by molar-refractivity contribution is -0.0132. The first-order chi connectivity index (χ1) is 6.29. The predicted molar refractivity (Wildman–Crippen MR) is 51.5 cm³/mol. The molecule has 4 atom stereocenters. The van der Waals surface area contributed by atoms with E-state index in [1.807, 2.05) is 7.11 Å². The van der Waals surface area contributed by atoms with Crippen LogP contribution in [0.5, 0.6) is 0 Å². The van der Waals surface area contributed by atoms with Crippen LogP contribution in [-0.4, -0.2) is 24.4 Å². The Bertz CT molecular complexity index is 169. The van der Waals surface area contributed by atoms with E-state index in [1.165, 1.54) is 25.7 Å². The van der Waals surface area contributed by atoms with Crippen molar-refractivity contribution in [2.45, 2.75) is 50.7 Å². The average Bonchev–Trinajstić information content (AvgIpc) is 2.17. The van der Waals surface area contributed by atoms with Gasteiger partial charge in [0.25, 0.3) is 0 Å². The number of fused-ring (bicyclic) bond motifs is 1. The van der Waals surface area contributed by atoms with Crippen LogP contribution < -0.4 is 0 Å². The van der Waals surface area contributed by atoms with Crippen LogP contribution >= 0.6 is 0 Å². The van der Waals surface area contributed by atoms with Gasteiger partial charge in [-0.1, -0.05) is 0 Å². The first kappa shape index (κ1) is 9.47. The van der Waals surface area contributed by atoms with E-state index in [9.17, 15) is 5.11 Å². The van der Waals surface area contributed by atoms with Gasteiger partial charge in [0.1, 0.15) is 0 Å². The molecule has 0 aromatic carbocycles. The first-order valence-corrected chi connectivity index (χ1v) is 5.50. The lowest BCUT2D eigenvalue weighted by Crippen LogP contribution is -2.35. The fourth-order valence-electron chi connectivity index (χ4n) is 3.04. The Morgan fingerprint density at radius 3 is 2.46 bits per heavy atom. The maximum atomic E-state index is 9.54. The molecule has 0 amide bonds. The van der Waals surface area contributed by atoms with Crippen LogP contribution in [0, 0.1) is 11.8 Å². The van der Waals surface area contributed by atoms with E-state index in [-0.39, 0.29) is 6.10 Å². The van der Waals surface area contributed by atoms with Crippen LogP contribution in [0.3, 0.4) is 0 Å². The van der Waals surface area contributed by atoms with E-state index in [0.717, 1.165) is 24.7 Å². The lowest BCUT2D eigenvalue weighted by Gasteiger charge is -2.40. The molecule has 2 aliphatic carbocycles. The zero-order chi connectivity index (χ0) is 9.26. The van der Waals surface area contributed by atoms with Gasteiger partial charge in [-0.2, -0.15) is 0 Å². The molecular formula is C11H20O2. The number of ether oxygens (including phenoxy) is 1. The Balaban J connectivity index is 1.90. The fraction of sp³-hybridized carbons (Fsp3) is 1.00. The molecule has 2 nitrogen and oxygen atoms in total. The molecule has 0 aromatic heterocycles. The molecule has 0 radical (unpaired) electrons. The van der Waals surface area contributed by atoms with Crippen molar-refractivity contribution in [1.29, 1.82) is 0 Å². The third kappa shape index (κ3) is 2.05. The van der Waals surface area contributed by atoms with Gasteiger partial charge in [-0.25, -0.2) is 0 Å². The van der Waals surface area contributed by atoms with Crippen molar-refractivity contribution in [3.63, 3.8) is 0 Å². The first-order valence-electron chi connectivity index (χ1n) is 5.50. The number of aliphatic hydroxyl groups is 1. The fourth-order valence-corrected chi connectivity index (χ4v) is 3.04. The molecule has 1 N–H and O–H groups in total. The van der Waals surface area contributed by atoms with Crippen LogP contribution in [-0.2, 0) is 4.74 Å². The SMILES string of the molecule is CO[C@@H]1CCC2C[C@@H](O)CCC2C1. The summed E-state index contributed by atoms with van der Waals surface area (Å²) in [5.74, 6) is 1.62. The van der Waals surface area contributed by atoms with Crippen molar-refractivity contribution in [2.75, 3.05) is 7.11 Å². The minimum atomic E-state index is -0.0136. The van der Waals surface area contributed by atoms with Gasteiger partial charge in [-0.3, -0.25) is 0 Å². The zero-order valence-electron chi connectivity index (χ0n) is 8.41. The molecule has 0 saturated heterocycles. The minimum absolute atomic E-state index is 0.0136. The van der Waals surface area contributed by atoms with Crippen molar-refractivity contribution in [3.8, 4) is 0 Å². The van der Waals surface area contributed by atoms with E-state index in [1.54, 1.807) is 0 Å². The summed E-state index contributed by atoms with van der Waals surface area (Å²) in [6, 6.07) is 0. The molecule has 0 aliphatic heterocycles. The summed E-state index contributed by atoms with van der Waals surface area (Å²) in [7, 11) is 1.82. The lowest BCUT2D eigenvalue weighted by atomic mass is 9.69. The number of aliphatic hydroxyl groups excluding tert-OH is 1. The Morgan fingerprint density at radius 1 is 1.00 bits per heavy atom. The third-order valence-electron chi connectivity index (χ3n) is 3.87. The monoisotopic (exact) mass is 184 g/mol. The second kappa shape index (κ2) is 3.97. The molecule has 76 valence electrons. The van der Waals surface area contributed by atoms with Crippen LogP contribution in [0.1, 0.15) is 38.5 Å².